The van der Waals surface area contributed by atoms with Gasteiger partial charge in [0, 0.05) is 5.56 Å². The van der Waals surface area contributed by atoms with Gasteiger partial charge in [-0.15, -0.1) is 0 Å². The standard InChI is InChI=1S/C21H17NO3/c23-20(18-14-8-3-9-15-18)22-21(24)25-19(16-10-4-1-5-11-16)17-12-6-2-7-13-17/h1-15,19H,(H,22,23,24). The normalized spacial score (nSPS) is 10.3. The smallest absolute Gasteiger partial charge is 0.415 e. The van der Waals surface area contributed by atoms with Crippen LogP contribution in [-0.4, -0.2) is 12.0 Å². The summed E-state index contributed by atoms with van der Waals surface area (Å²) in [6.45, 7) is 0. The van der Waals surface area contributed by atoms with E-state index in [9.17, 15) is 9.59 Å². The second-order valence-corrected chi connectivity index (χ2v) is 5.43. The van der Waals surface area contributed by atoms with Crippen molar-refractivity contribution in [2.75, 3.05) is 0 Å². The van der Waals surface area contributed by atoms with Gasteiger partial charge in [-0.2, -0.15) is 0 Å². The Balaban J connectivity index is 1.76. The van der Waals surface area contributed by atoms with Crippen LogP contribution in [0.2, 0.25) is 0 Å². The first-order chi connectivity index (χ1) is 12.2. The predicted molar refractivity (Wildman–Crippen MR) is 95.1 cm³/mol. The third-order valence-corrected chi connectivity index (χ3v) is 3.68. The molecule has 3 rings (SSSR count). The lowest BCUT2D eigenvalue weighted by atomic mass is 10.0. The molecule has 0 atom stereocenters. The van der Waals surface area contributed by atoms with E-state index in [0.717, 1.165) is 11.1 Å². The van der Waals surface area contributed by atoms with E-state index < -0.39 is 18.1 Å². The first-order valence-corrected chi connectivity index (χ1v) is 7.91. The monoisotopic (exact) mass is 331 g/mol. The number of nitrogens with one attached hydrogen (secondary N) is 1. The van der Waals surface area contributed by atoms with Gasteiger partial charge in [0.2, 0.25) is 0 Å². The van der Waals surface area contributed by atoms with E-state index in [1.54, 1.807) is 30.3 Å². The minimum atomic E-state index is -0.786. The molecule has 0 aliphatic rings. The van der Waals surface area contributed by atoms with Crippen LogP contribution in [0.25, 0.3) is 0 Å². The van der Waals surface area contributed by atoms with Gasteiger partial charge in [-0.1, -0.05) is 78.9 Å². The Morgan fingerprint density at radius 3 is 1.60 bits per heavy atom. The van der Waals surface area contributed by atoms with Gasteiger partial charge < -0.3 is 4.74 Å². The summed E-state index contributed by atoms with van der Waals surface area (Å²) < 4.78 is 5.54. The Kier molecular flexibility index (Phi) is 5.22. The molecule has 1 N–H and O–H groups in total. The SMILES string of the molecule is O=C(NC(=O)c1ccccc1)OC(c1ccccc1)c1ccccc1. The largest absolute Gasteiger partial charge is 0.436 e. The van der Waals surface area contributed by atoms with Crippen LogP contribution >= 0.6 is 0 Å². The number of carbonyl (C=O) groups excluding carboxylic acids is 2. The van der Waals surface area contributed by atoms with Gasteiger partial charge in [-0.3, -0.25) is 10.1 Å². The van der Waals surface area contributed by atoms with E-state index in [1.807, 2.05) is 60.7 Å². The molecular formula is C21H17NO3. The summed E-state index contributed by atoms with van der Waals surface area (Å²) in [6, 6.07) is 27.3. The van der Waals surface area contributed by atoms with Crippen molar-refractivity contribution in [2.45, 2.75) is 6.10 Å². The molecule has 0 saturated heterocycles. The molecule has 25 heavy (non-hydrogen) atoms. The van der Waals surface area contributed by atoms with E-state index in [1.165, 1.54) is 0 Å². The number of imide groups is 1. The summed E-state index contributed by atoms with van der Waals surface area (Å²) in [4.78, 5) is 24.3. The molecule has 124 valence electrons. The number of hydrogen-bond acceptors (Lipinski definition) is 3. The highest BCUT2D eigenvalue weighted by molar-refractivity contribution is 6.02. The molecule has 0 heterocycles. The molecule has 3 aromatic carbocycles. The first-order valence-electron chi connectivity index (χ1n) is 7.91. The summed E-state index contributed by atoms with van der Waals surface area (Å²) in [5.41, 5.74) is 2.06. The van der Waals surface area contributed by atoms with Gasteiger partial charge in [0.05, 0.1) is 0 Å². The zero-order valence-corrected chi connectivity index (χ0v) is 13.5. The predicted octanol–water partition coefficient (Wildman–Crippen LogP) is 4.34. The third kappa shape index (κ3) is 4.32. The molecule has 2 amide bonds. The molecule has 0 fully saturated rings. The van der Waals surface area contributed by atoms with Gasteiger partial charge in [0.1, 0.15) is 0 Å². The number of alkyl carbamates (subject to hydrolysis) is 1. The average molecular weight is 331 g/mol. The van der Waals surface area contributed by atoms with E-state index in [-0.39, 0.29) is 0 Å². The summed E-state index contributed by atoms with van der Waals surface area (Å²) in [6.07, 6.45) is -1.38. The lowest BCUT2D eigenvalue weighted by Crippen LogP contribution is -2.32. The van der Waals surface area contributed by atoms with Crippen LogP contribution in [0.15, 0.2) is 91.0 Å². The van der Waals surface area contributed by atoms with Crippen LogP contribution in [0, 0.1) is 0 Å². The van der Waals surface area contributed by atoms with E-state index in [4.69, 9.17) is 4.74 Å². The minimum absolute atomic E-state index is 0.399. The quantitative estimate of drug-likeness (QED) is 0.773. The molecule has 4 nitrogen and oxygen atoms in total. The average Bonchev–Trinajstić information content (AvgIpc) is 2.68. The van der Waals surface area contributed by atoms with Crippen LogP contribution < -0.4 is 5.32 Å². The number of hydrogen-bond donors (Lipinski definition) is 1. The molecular weight excluding hydrogens is 314 g/mol. The van der Waals surface area contributed by atoms with Crippen LogP contribution in [0.5, 0.6) is 0 Å². The van der Waals surface area contributed by atoms with Crippen molar-refractivity contribution in [3.8, 4) is 0 Å². The second-order valence-electron chi connectivity index (χ2n) is 5.43. The lowest BCUT2D eigenvalue weighted by Gasteiger charge is -2.19. The fourth-order valence-electron chi connectivity index (χ4n) is 2.48. The molecule has 0 aliphatic heterocycles. The number of rotatable bonds is 4. The molecule has 3 aromatic rings. The molecule has 0 aromatic heterocycles. The summed E-state index contributed by atoms with van der Waals surface area (Å²) in [5, 5.41) is 2.27. The molecule has 0 unspecified atom stereocenters. The third-order valence-electron chi connectivity index (χ3n) is 3.68. The Hall–Kier alpha value is -3.40. The van der Waals surface area contributed by atoms with Gasteiger partial charge in [-0.05, 0) is 23.3 Å². The fourth-order valence-corrected chi connectivity index (χ4v) is 2.48. The van der Waals surface area contributed by atoms with Crippen LogP contribution in [-0.2, 0) is 4.74 Å². The maximum Gasteiger partial charge on any atom is 0.415 e. The molecule has 0 radical (unpaired) electrons. The van der Waals surface area contributed by atoms with Crippen molar-refractivity contribution in [2.24, 2.45) is 0 Å². The van der Waals surface area contributed by atoms with Crippen LogP contribution in [0.4, 0.5) is 4.79 Å². The van der Waals surface area contributed by atoms with Crippen molar-refractivity contribution in [3.05, 3.63) is 108 Å². The topological polar surface area (TPSA) is 55.4 Å². The van der Waals surface area contributed by atoms with E-state index in [2.05, 4.69) is 5.32 Å². The number of carbonyl (C=O) groups is 2. The summed E-state index contributed by atoms with van der Waals surface area (Å²) >= 11 is 0. The molecule has 0 spiro atoms. The molecule has 0 aliphatic carbocycles. The fraction of sp³-hybridized carbons (Fsp3) is 0.0476. The zero-order valence-electron chi connectivity index (χ0n) is 13.5. The van der Waals surface area contributed by atoms with Gasteiger partial charge in [-0.25, -0.2) is 4.79 Å². The summed E-state index contributed by atoms with van der Waals surface area (Å²) in [5.74, 6) is -0.495. The minimum Gasteiger partial charge on any atom is -0.436 e. The Morgan fingerprint density at radius 1 is 0.680 bits per heavy atom. The molecule has 0 saturated carbocycles. The van der Waals surface area contributed by atoms with Crippen LogP contribution in [0.1, 0.15) is 27.6 Å². The maximum atomic E-state index is 12.2. The number of amides is 2. The number of benzene rings is 3. The van der Waals surface area contributed by atoms with Crippen LogP contribution in [0.3, 0.4) is 0 Å². The highest BCUT2D eigenvalue weighted by Gasteiger charge is 2.20. The highest BCUT2D eigenvalue weighted by Crippen LogP contribution is 2.25. The van der Waals surface area contributed by atoms with Crippen molar-refractivity contribution < 1.29 is 14.3 Å². The number of ether oxygens (including phenoxy) is 1. The van der Waals surface area contributed by atoms with E-state index >= 15 is 0 Å². The first kappa shape index (κ1) is 16.5. The Bertz CT molecular complexity index is 793. The van der Waals surface area contributed by atoms with Crippen molar-refractivity contribution in [3.63, 3.8) is 0 Å². The zero-order chi connectivity index (χ0) is 17.5. The lowest BCUT2D eigenvalue weighted by molar-refractivity contribution is 0.0876. The molecule has 4 heteroatoms. The second kappa shape index (κ2) is 7.93. The Morgan fingerprint density at radius 2 is 1.12 bits per heavy atom. The van der Waals surface area contributed by atoms with Crippen molar-refractivity contribution in [1.82, 2.24) is 5.32 Å². The highest BCUT2D eigenvalue weighted by atomic mass is 16.6. The van der Waals surface area contributed by atoms with Crippen molar-refractivity contribution >= 4 is 12.0 Å². The van der Waals surface area contributed by atoms with E-state index in [0.29, 0.717) is 5.56 Å². The van der Waals surface area contributed by atoms with Crippen molar-refractivity contribution in [1.29, 1.82) is 0 Å². The molecule has 0 bridgehead atoms. The maximum absolute atomic E-state index is 12.2. The summed E-state index contributed by atoms with van der Waals surface area (Å²) in [7, 11) is 0. The Labute approximate surface area is 146 Å². The van der Waals surface area contributed by atoms with Gasteiger partial charge in [0.25, 0.3) is 5.91 Å². The van der Waals surface area contributed by atoms with Gasteiger partial charge >= 0.3 is 6.09 Å². The van der Waals surface area contributed by atoms with Gasteiger partial charge in [0.15, 0.2) is 6.10 Å².